The van der Waals surface area contributed by atoms with Crippen molar-refractivity contribution in [3.05, 3.63) is 33.8 Å². The molecule has 1 aromatic carbocycles. The van der Waals surface area contributed by atoms with Crippen molar-refractivity contribution in [3.8, 4) is 0 Å². The van der Waals surface area contributed by atoms with E-state index >= 15 is 0 Å². The molecule has 0 aliphatic carbocycles. The van der Waals surface area contributed by atoms with Crippen LogP contribution in [0.5, 0.6) is 0 Å². The van der Waals surface area contributed by atoms with E-state index in [1.807, 2.05) is 20.8 Å². The lowest BCUT2D eigenvalue weighted by Gasteiger charge is -2.36. The first-order valence-electron chi connectivity index (χ1n) is 8.76. The first-order chi connectivity index (χ1) is 12.4. The minimum absolute atomic E-state index is 0.174. The molecular formula is C18H26Cl2N2O4S. The van der Waals surface area contributed by atoms with Gasteiger partial charge >= 0.3 is 6.09 Å². The zero-order valence-electron chi connectivity index (χ0n) is 16.0. The van der Waals surface area contributed by atoms with Gasteiger partial charge in [0, 0.05) is 36.2 Å². The van der Waals surface area contributed by atoms with E-state index in [-0.39, 0.29) is 17.9 Å². The second-order valence-electron chi connectivity index (χ2n) is 7.71. The van der Waals surface area contributed by atoms with Gasteiger partial charge in [-0.15, -0.1) is 0 Å². The summed E-state index contributed by atoms with van der Waals surface area (Å²) >= 11 is 12.0. The number of hydrogen-bond donors (Lipinski definition) is 0. The topological polar surface area (TPSA) is 66.9 Å². The van der Waals surface area contributed by atoms with Gasteiger partial charge in [0.1, 0.15) is 5.60 Å². The molecule has 9 heteroatoms. The van der Waals surface area contributed by atoms with Crippen LogP contribution in [0.4, 0.5) is 4.79 Å². The number of carbonyl (C=O) groups is 1. The molecule has 0 saturated carbocycles. The number of sulfonamides is 1. The number of piperidine rings is 1. The SMILES string of the molecule is CN(C1CCN(C(=O)OC(C)(C)C)CC1)S(=O)(=O)Cc1cc(Cl)ccc1Cl. The van der Waals surface area contributed by atoms with Crippen molar-refractivity contribution < 1.29 is 17.9 Å². The van der Waals surface area contributed by atoms with Crippen molar-refractivity contribution in [1.29, 1.82) is 0 Å². The molecule has 1 heterocycles. The highest BCUT2D eigenvalue weighted by molar-refractivity contribution is 7.88. The summed E-state index contributed by atoms with van der Waals surface area (Å²) in [7, 11) is -1.99. The van der Waals surface area contributed by atoms with Crippen LogP contribution in [-0.4, -0.2) is 55.5 Å². The third-order valence-electron chi connectivity index (χ3n) is 4.41. The van der Waals surface area contributed by atoms with E-state index in [0.717, 1.165) is 0 Å². The van der Waals surface area contributed by atoms with Crippen molar-refractivity contribution in [2.75, 3.05) is 20.1 Å². The maximum Gasteiger partial charge on any atom is 0.410 e. The molecule has 1 saturated heterocycles. The molecule has 0 aromatic heterocycles. The predicted octanol–water partition coefficient (Wildman–Crippen LogP) is 4.15. The highest BCUT2D eigenvalue weighted by atomic mass is 35.5. The molecule has 1 amide bonds. The molecule has 6 nitrogen and oxygen atoms in total. The molecule has 1 aliphatic rings. The number of benzene rings is 1. The summed E-state index contributed by atoms with van der Waals surface area (Å²) in [5, 5.41) is 0.814. The smallest absolute Gasteiger partial charge is 0.410 e. The average molecular weight is 437 g/mol. The number of carbonyl (C=O) groups excluding carboxylic acids is 1. The first-order valence-corrected chi connectivity index (χ1v) is 11.1. The lowest BCUT2D eigenvalue weighted by atomic mass is 10.1. The Balaban J connectivity index is 1.99. The van der Waals surface area contributed by atoms with Gasteiger partial charge in [0.05, 0.1) is 5.75 Å². The molecule has 1 fully saturated rings. The van der Waals surface area contributed by atoms with E-state index < -0.39 is 15.6 Å². The highest BCUT2D eigenvalue weighted by Crippen LogP contribution is 2.26. The van der Waals surface area contributed by atoms with Crippen molar-refractivity contribution in [3.63, 3.8) is 0 Å². The minimum Gasteiger partial charge on any atom is -0.444 e. The Morgan fingerprint density at radius 1 is 1.26 bits per heavy atom. The van der Waals surface area contributed by atoms with Gasteiger partial charge in [-0.1, -0.05) is 23.2 Å². The average Bonchev–Trinajstić information content (AvgIpc) is 2.56. The molecule has 1 aromatic rings. The van der Waals surface area contributed by atoms with Crippen LogP contribution >= 0.6 is 23.2 Å². The largest absolute Gasteiger partial charge is 0.444 e. The molecule has 0 unspecified atom stereocenters. The predicted molar refractivity (Wildman–Crippen MR) is 108 cm³/mol. The highest BCUT2D eigenvalue weighted by Gasteiger charge is 2.33. The third kappa shape index (κ3) is 6.24. The lowest BCUT2D eigenvalue weighted by molar-refractivity contribution is 0.0183. The van der Waals surface area contributed by atoms with E-state index in [9.17, 15) is 13.2 Å². The molecule has 0 spiro atoms. The van der Waals surface area contributed by atoms with Gasteiger partial charge in [0.15, 0.2) is 0 Å². The Morgan fingerprint density at radius 2 is 1.85 bits per heavy atom. The molecule has 2 rings (SSSR count). The molecule has 0 radical (unpaired) electrons. The molecular weight excluding hydrogens is 411 g/mol. The zero-order valence-corrected chi connectivity index (χ0v) is 18.4. The van der Waals surface area contributed by atoms with E-state index in [1.165, 1.54) is 4.31 Å². The van der Waals surface area contributed by atoms with Crippen LogP contribution in [-0.2, 0) is 20.5 Å². The Labute approximate surface area is 171 Å². The van der Waals surface area contributed by atoms with Gasteiger partial charge in [0.2, 0.25) is 10.0 Å². The van der Waals surface area contributed by atoms with Crippen LogP contribution in [0.2, 0.25) is 10.0 Å². The quantitative estimate of drug-likeness (QED) is 0.710. The van der Waals surface area contributed by atoms with Crippen LogP contribution in [0.15, 0.2) is 18.2 Å². The Hall–Kier alpha value is -1.02. The van der Waals surface area contributed by atoms with E-state index in [1.54, 1.807) is 30.1 Å². The van der Waals surface area contributed by atoms with Crippen LogP contribution < -0.4 is 0 Å². The monoisotopic (exact) mass is 436 g/mol. The number of nitrogens with zero attached hydrogens (tertiary/aromatic N) is 2. The van der Waals surface area contributed by atoms with Crippen LogP contribution in [0.25, 0.3) is 0 Å². The fraction of sp³-hybridized carbons (Fsp3) is 0.611. The number of amides is 1. The summed E-state index contributed by atoms with van der Waals surface area (Å²) in [6.07, 6.45) is 0.744. The first kappa shape index (κ1) is 22.3. The molecule has 152 valence electrons. The maximum absolute atomic E-state index is 12.8. The summed E-state index contributed by atoms with van der Waals surface area (Å²) in [5.74, 6) is -0.213. The maximum atomic E-state index is 12.8. The van der Waals surface area contributed by atoms with E-state index in [4.69, 9.17) is 27.9 Å². The number of likely N-dealkylation sites (tertiary alicyclic amines) is 1. The summed E-state index contributed by atoms with van der Waals surface area (Å²) in [6, 6.07) is 4.61. The summed E-state index contributed by atoms with van der Waals surface area (Å²) in [6.45, 7) is 6.37. The van der Waals surface area contributed by atoms with Crippen molar-refractivity contribution in [1.82, 2.24) is 9.21 Å². The fourth-order valence-corrected chi connectivity index (χ4v) is 4.88. The standard InChI is InChI=1S/C18H26Cl2N2O4S/c1-18(2,3)26-17(23)22-9-7-15(8-10-22)21(4)27(24,25)12-13-11-14(19)5-6-16(13)20/h5-6,11,15H,7-10,12H2,1-4H3. The molecule has 0 N–H and O–H groups in total. The molecule has 0 bridgehead atoms. The lowest BCUT2D eigenvalue weighted by Crippen LogP contribution is -2.48. The zero-order chi connectivity index (χ0) is 20.4. The van der Waals surface area contributed by atoms with Gasteiger partial charge in [-0.2, -0.15) is 0 Å². The number of rotatable bonds is 4. The second kappa shape index (κ2) is 8.55. The number of hydrogen-bond acceptors (Lipinski definition) is 4. The van der Waals surface area contributed by atoms with Crippen LogP contribution in [0.1, 0.15) is 39.2 Å². The van der Waals surface area contributed by atoms with Crippen molar-refractivity contribution in [2.45, 2.75) is 51.0 Å². The summed E-state index contributed by atoms with van der Waals surface area (Å²) in [4.78, 5) is 13.8. The number of ether oxygens (including phenoxy) is 1. The van der Waals surface area contributed by atoms with Crippen molar-refractivity contribution in [2.24, 2.45) is 0 Å². The molecule has 0 atom stereocenters. The normalized spacial score (nSPS) is 16.6. The summed E-state index contributed by atoms with van der Waals surface area (Å²) in [5.41, 5.74) is -0.0770. The van der Waals surface area contributed by atoms with Gasteiger partial charge in [0.25, 0.3) is 0 Å². The van der Waals surface area contributed by atoms with Crippen molar-refractivity contribution >= 4 is 39.3 Å². The van der Waals surface area contributed by atoms with Crippen LogP contribution in [0, 0.1) is 0 Å². The van der Waals surface area contributed by atoms with E-state index in [2.05, 4.69) is 0 Å². The second-order valence-corrected chi connectivity index (χ2v) is 10.6. The van der Waals surface area contributed by atoms with Gasteiger partial charge in [-0.3, -0.25) is 0 Å². The van der Waals surface area contributed by atoms with Gasteiger partial charge < -0.3 is 9.64 Å². The van der Waals surface area contributed by atoms with Gasteiger partial charge in [-0.25, -0.2) is 17.5 Å². The summed E-state index contributed by atoms with van der Waals surface area (Å²) < 4.78 is 32.3. The van der Waals surface area contributed by atoms with Crippen LogP contribution in [0.3, 0.4) is 0 Å². The van der Waals surface area contributed by atoms with E-state index in [0.29, 0.717) is 41.5 Å². The van der Waals surface area contributed by atoms with Gasteiger partial charge in [-0.05, 0) is 57.4 Å². The third-order valence-corrected chi connectivity index (χ3v) is 6.87. The Morgan fingerprint density at radius 3 is 2.41 bits per heavy atom. The Bertz CT molecular complexity index is 785. The molecule has 1 aliphatic heterocycles. The Kier molecular flexibility index (Phi) is 7.06. The number of halogens is 2. The minimum atomic E-state index is -3.56. The fourth-order valence-electron chi connectivity index (χ4n) is 2.92. The molecule has 27 heavy (non-hydrogen) atoms.